The van der Waals surface area contributed by atoms with Gasteiger partial charge in [-0.3, -0.25) is 9.78 Å². The predicted octanol–water partition coefficient (Wildman–Crippen LogP) is 5.31. The number of amides is 1. The fourth-order valence-electron chi connectivity index (χ4n) is 4.31. The fourth-order valence-corrected chi connectivity index (χ4v) is 4.31. The van der Waals surface area contributed by atoms with E-state index >= 15 is 0 Å². The van der Waals surface area contributed by atoms with Gasteiger partial charge in [-0.05, 0) is 92.4 Å². The number of carbonyl (C=O) groups excluding carboxylic acids is 1. The summed E-state index contributed by atoms with van der Waals surface area (Å²) in [6.07, 6.45) is 7.50. The van der Waals surface area contributed by atoms with E-state index < -0.39 is 0 Å². The van der Waals surface area contributed by atoms with Crippen LogP contribution in [0.2, 0.25) is 0 Å². The van der Waals surface area contributed by atoms with Gasteiger partial charge in [0.25, 0.3) is 5.91 Å². The van der Waals surface area contributed by atoms with Crippen molar-refractivity contribution in [3.63, 3.8) is 0 Å². The van der Waals surface area contributed by atoms with Crippen LogP contribution in [0.3, 0.4) is 0 Å². The van der Waals surface area contributed by atoms with Gasteiger partial charge in [0, 0.05) is 41.1 Å². The first-order valence-electron chi connectivity index (χ1n) is 11.9. The minimum Gasteiger partial charge on any atom is -0.324 e. The Morgan fingerprint density at radius 3 is 2.60 bits per heavy atom. The molecule has 35 heavy (non-hydrogen) atoms. The summed E-state index contributed by atoms with van der Waals surface area (Å²) in [7, 11) is 0. The number of anilines is 3. The summed E-state index contributed by atoms with van der Waals surface area (Å²) in [6.45, 7) is 4.10. The largest absolute Gasteiger partial charge is 0.324 e. The van der Waals surface area contributed by atoms with E-state index in [0.717, 1.165) is 54.1 Å². The Morgan fingerprint density at radius 2 is 1.83 bits per heavy atom. The fraction of sp³-hybridized carbons (Fsp3) is 0.214. The molecule has 0 unspecified atom stereocenters. The Bertz CT molecular complexity index is 1300. The van der Waals surface area contributed by atoms with E-state index in [0.29, 0.717) is 17.4 Å². The Balaban J connectivity index is 1.29. The number of carbonyl (C=O) groups is 1. The summed E-state index contributed by atoms with van der Waals surface area (Å²) in [5.74, 6) is 0.888. The van der Waals surface area contributed by atoms with E-state index in [9.17, 15) is 4.79 Å². The average molecular weight is 465 g/mol. The van der Waals surface area contributed by atoms with Crippen molar-refractivity contribution in [2.45, 2.75) is 25.7 Å². The number of benzene rings is 2. The van der Waals surface area contributed by atoms with Crippen LogP contribution >= 0.6 is 0 Å². The molecule has 2 aromatic carbocycles. The molecule has 0 spiro atoms. The van der Waals surface area contributed by atoms with Gasteiger partial charge < -0.3 is 16.0 Å². The molecule has 176 valence electrons. The van der Waals surface area contributed by atoms with Crippen molar-refractivity contribution < 1.29 is 4.79 Å². The van der Waals surface area contributed by atoms with Crippen LogP contribution in [0.1, 0.15) is 40.2 Å². The Hall–Kier alpha value is -4.10. The minimum atomic E-state index is -0.160. The summed E-state index contributed by atoms with van der Waals surface area (Å²) < 4.78 is 0. The molecule has 5 rings (SSSR count). The monoisotopic (exact) mass is 464 g/mol. The highest BCUT2D eigenvalue weighted by molar-refractivity contribution is 6.05. The topological polar surface area (TPSA) is 91.8 Å². The molecular formula is C28H28N6O. The molecule has 1 aliphatic rings. The van der Waals surface area contributed by atoms with Crippen LogP contribution in [-0.4, -0.2) is 33.9 Å². The first-order valence-corrected chi connectivity index (χ1v) is 11.9. The summed E-state index contributed by atoms with van der Waals surface area (Å²) >= 11 is 0. The lowest BCUT2D eigenvalue weighted by molar-refractivity contribution is 0.102. The third-order valence-electron chi connectivity index (χ3n) is 6.34. The molecular weight excluding hydrogens is 436 g/mol. The lowest BCUT2D eigenvalue weighted by Crippen LogP contribution is -2.26. The highest BCUT2D eigenvalue weighted by atomic mass is 16.1. The average Bonchev–Trinajstić information content (AvgIpc) is 2.91. The van der Waals surface area contributed by atoms with E-state index in [1.807, 2.05) is 55.5 Å². The predicted molar refractivity (Wildman–Crippen MR) is 139 cm³/mol. The second-order valence-electron chi connectivity index (χ2n) is 8.76. The molecule has 2 aromatic heterocycles. The quantitative estimate of drug-likeness (QED) is 0.358. The summed E-state index contributed by atoms with van der Waals surface area (Å²) in [6, 6.07) is 19.5. The van der Waals surface area contributed by atoms with Gasteiger partial charge in [-0.15, -0.1) is 0 Å². The van der Waals surface area contributed by atoms with E-state index in [-0.39, 0.29) is 5.91 Å². The van der Waals surface area contributed by atoms with Gasteiger partial charge in [0.05, 0.1) is 5.69 Å². The van der Waals surface area contributed by atoms with Gasteiger partial charge in [0.15, 0.2) is 0 Å². The first kappa shape index (κ1) is 22.7. The number of pyridine rings is 1. The van der Waals surface area contributed by atoms with Crippen LogP contribution < -0.4 is 16.0 Å². The van der Waals surface area contributed by atoms with Gasteiger partial charge in [-0.1, -0.05) is 18.2 Å². The van der Waals surface area contributed by atoms with Crippen LogP contribution in [0.25, 0.3) is 11.3 Å². The number of nitrogens with zero attached hydrogens (tertiary/aromatic N) is 3. The number of nitrogens with one attached hydrogen (secondary N) is 3. The van der Waals surface area contributed by atoms with Crippen molar-refractivity contribution in [3.8, 4) is 11.3 Å². The zero-order valence-electron chi connectivity index (χ0n) is 19.7. The van der Waals surface area contributed by atoms with Gasteiger partial charge in [0.2, 0.25) is 5.95 Å². The summed E-state index contributed by atoms with van der Waals surface area (Å²) in [5.41, 5.74) is 6.13. The smallest absolute Gasteiger partial charge is 0.255 e. The lowest BCUT2D eigenvalue weighted by Gasteiger charge is -2.23. The van der Waals surface area contributed by atoms with Crippen molar-refractivity contribution in [2.75, 3.05) is 23.7 Å². The van der Waals surface area contributed by atoms with Crippen molar-refractivity contribution in [1.29, 1.82) is 0 Å². The van der Waals surface area contributed by atoms with Crippen LogP contribution in [0.4, 0.5) is 17.3 Å². The molecule has 0 radical (unpaired) electrons. The van der Waals surface area contributed by atoms with Crippen LogP contribution in [0.15, 0.2) is 79.3 Å². The molecule has 1 aliphatic heterocycles. The normalized spacial score (nSPS) is 13.9. The molecule has 4 aromatic rings. The van der Waals surface area contributed by atoms with Crippen molar-refractivity contribution in [2.24, 2.45) is 0 Å². The highest BCUT2D eigenvalue weighted by Gasteiger charge is 2.15. The van der Waals surface area contributed by atoms with Crippen LogP contribution in [-0.2, 0) is 0 Å². The molecule has 0 saturated carbocycles. The summed E-state index contributed by atoms with van der Waals surface area (Å²) in [4.78, 5) is 26.1. The Labute approximate surface area is 205 Å². The standard InChI is InChI=1S/C28H28N6O/c1-19-4-5-22(27(35)32-24-8-6-20(7-9-24)21-10-14-29-15-11-21)17-26(19)34-28-31-16-12-25(33-28)23-3-2-13-30-18-23/h2-9,12-13,16-18,21,29H,10-11,14-15H2,1H3,(H,32,35)(H,31,33,34). The summed E-state index contributed by atoms with van der Waals surface area (Å²) in [5, 5.41) is 9.67. The Kier molecular flexibility index (Phi) is 6.77. The van der Waals surface area contributed by atoms with E-state index in [4.69, 9.17) is 0 Å². The maximum atomic E-state index is 13.0. The molecule has 1 saturated heterocycles. The molecule has 7 nitrogen and oxygen atoms in total. The molecule has 0 bridgehead atoms. The number of piperidine rings is 1. The van der Waals surface area contributed by atoms with Crippen molar-refractivity contribution in [3.05, 3.63) is 95.9 Å². The van der Waals surface area contributed by atoms with Crippen LogP contribution in [0, 0.1) is 6.92 Å². The molecule has 0 atom stereocenters. The first-order chi connectivity index (χ1) is 17.2. The van der Waals surface area contributed by atoms with Crippen molar-refractivity contribution in [1.82, 2.24) is 20.3 Å². The van der Waals surface area contributed by atoms with E-state index in [1.165, 1.54) is 5.56 Å². The zero-order chi connectivity index (χ0) is 24.0. The van der Waals surface area contributed by atoms with E-state index in [1.54, 1.807) is 18.6 Å². The number of aromatic nitrogens is 3. The van der Waals surface area contributed by atoms with Gasteiger partial charge in [-0.2, -0.15) is 0 Å². The molecule has 3 heterocycles. The molecule has 0 aliphatic carbocycles. The third-order valence-corrected chi connectivity index (χ3v) is 6.34. The molecule has 1 amide bonds. The molecule has 7 heteroatoms. The second kappa shape index (κ2) is 10.4. The molecule has 3 N–H and O–H groups in total. The van der Waals surface area contributed by atoms with Crippen molar-refractivity contribution >= 4 is 23.2 Å². The highest BCUT2D eigenvalue weighted by Crippen LogP contribution is 2.27. The second-order valence-corrected chi connectivity index (χ2v) is 8.76. The number of hydrogen-bond donors (Lipinski definition) is 3. The zero-order valence-corrected chi connectivity index (χ0v) is 19.7. The van der Waals surface area contributed by atoms with Gasteiger partial charge in [0.1, 0.15) is 0 Å². The molecule has 1 fully saturated rings. The number of aryl methyl sites for hydroxylation is 1. The van der Waals surface area contributed by atoms with Crippen LogP contribution in [0.5, 0.6) is 0 Å². The third kappa shape index (κ3) is 5.53. The number of rotatable bonds is 6. The maximum absolute atomic E-state index is 13.0. The number of hydrogen-bond acceptors (Lipinski definition) is 6. The SMILES string of the molecule is Cc1ccc(C(=O)Nc2ccc(C3CCNCC3)cc2)cc1Nc1nccc(-c2cccnc2)n1. The minimum absolute atomic E-state index is 0.160. The van der Waals surface area contributed by atoms with Gasteiger partial charge >= 0.3 is 0 Å². The Morgan fingerprint density at radius 1 is 1.00 bits per heavy atom. The maximum Gasteiger partial charge on any atom is 0.255 e. The van der Waals surface area contributed by atoms with E-state index in [2.05, 4.69) is 43.0 Å². The lowest BCUT2D eigenvalue weighted by atomic mass is 9.90. The van der Waals surface area contributed by atoms with Gasteiger partial charge in [-0.25, -0.2) is 9.97 Å².